The Morgan fingerprint density at radius 1 is 1.00 bits per heavy atom. The number of amides is 4. The second-order valence-corrected chi connectivity index (χ2v) is 7.72. The minimum Gasteiger partial charge on any atom is -0.508 e. The number of benzene rings is 3. The zero-order valence-electron chi connectivity index (χ0n) is 17.5. The van der Waals surface area contributed by atoms with Crippen LogP contribution in [0.4, 0.5) is 10.5 Å². The summed E-state index contributed by atoms with van der Waals surface area (Å²) in [4.78, 5) is 38.6. The summed E-state index contributed by atoms with van der Waals surface area (Å²) in [6.07, 6.45) is 1.95. The molecule has 0 unspecified atom stereocenters. The molecule has 4 rings (SSSR count). The average molecular weight is 463 g/mol. The van der Waals surface area contributed by atoms with E-state index < -0.39 is 17.8 Å². The third-order valence-corrected chi connectivity index (χ3v) is 5.54. The van der Waals surface area contributed by atoms with Gasteiger partial charge >= 0.3 is 6.03 Å². The summed E-state index contributed by atoms with van der Waals surface area (Å²) in [7, 11) is 1.53. The van der Waals surface area contributed by atoms with E-state index in [0.29, 0.717) is 22.8 Å². The van der Waals surface area contributed by atoms with Gasteiger partial charge in [0.1, 0.15) is 17.1 Å². The first-order valence-electron chi connectivity index (χ1n) is 9.98. The van der Waals surface area contributed by atoms with Crippen molar-refractivity contribution < 1.29 is 24.2 Å². The van der Waals surface area contributed by atoms with Gasteiger partial charge < -0.3 is 9.84 Å². The number of carbonyl (C=O) groups is 3. The number of halogens is 1. The number of urea groups is 1. The lowest BCUT2D eigenvalue weighted by Gasteiger charge is -2.26. The molecule has 1 fully saturated rings. The lowest BCUT2D eigenvalue weighted by Crippen LogP contribution is -2.54. The molecule has 1 heterocycles. The van der Waals surface area contributed by atoms with E-state index in [9.17, 15) is 19.5 Å². The topological polar surface area (TPSA) is 95.9 Å². The van der Waals surface area contributed by atoms with Crippen LogP contribution in [0.1, 0.15) is 16.7 Å². The van der Waals surface area contributed by atoms with Gasteiger partial charge in [-0.25, -0.2) is 9.69 Å². The van der Waals surface area contributed by atoms with Crippen molar-refractivity contribution in [1.29, 1.82) is 0 Å². The smallest absolute Gasteiger partial charge is 0.335 e. The standard InChI is InChI=1S/C25H19ClN2O5/c1-33-22-13-15(6-7-17(22)14-16-4-2-3-5-21(16)26)12-20-23(30)27-25(32)28(24(20)31)18-8-10-19(29)11-9-18/h2-13,29H,14H2,1H3,(H,27,30,32)/b20-12+. The lowest BCUT2D eigenvalue weighted by molar-refractivity contribution is -0.122. The summed E-state index contributed by atoms with van der Waals surface area (Å²) in [5.41, 5.74) is 2.39. The number of phenols is 1. The SMILES string of the molecule is COc1cc(/C=C2\C(=O)NC(=O)N(c3ccc(O)cc3)C2=O)ccc1Cc1ccccc1Cl. The van der Waals surface area contributed by atoms with Crippen LogP contribution in [0.15, 0.2) is 72.3 Å². The maximum atomic E-state index is 13.0. The van der Waals surface area contributed by atoms with E-state index in [1.165, 1.54) is 37.5 Å². The van der Waals surface area contributed by atoms with Gasteiger partial charge in [0.25, 0.3) is 11.8 Å². The predicted octanol–water partition coefficient (Wildman–Crippen LogP) is 4.31. The Hall–Kier alpha value is -4.10. The van der Waals surface area contributed by atoms with Crippen LogP contribution >= 0.6 is 11.6 Å². The zero-order valence-corrected chi connectivity index (χ0v) is 18.3. The highest BCUT2D eigenvalue weighted by molar-refractivity contribution is 6.39. The Balaban J connectivity index is 1.66. The zero-order chi connectivity index (χ0) is 23.5. The minimum absolute atomic E-state index is 0.0144. The van der Waals surface area contributed by atoms with Gasteiger partial charge in [-0.3, -0.25) is 14.9 Å². The number of rotatable bonds is 5. The molecule has 4 amide bonds. The summed E-state index contributed by atoms with van der Waals surface area (Å²) >= 11 is 6.27. The van der Waals surface area contributed by atoms with Crippen LogP contribution in [0.3, 0.4) is 0 Å². The summed E-state index contributed by atoms with van der Waals surface area (Å²) in [6, 6.07) is 17.5. The first kappa shape index (κ1) is 22.1. The Bertz CT molecular complexity index is 1280. The molecule has 2 N–H and O–H groups in total. The van der Waals surface area contributed by atoms with Crippen molar-refractivity contribution in [2.75, 3.05) is 12.0 Å². The highest BCUT2D eigenvalue weighted by Gasteiger charge is 2.36. The molecule has 166 valence electrons. The van der Waals surface area contributed by atoms with Gasteiger partial charge in [-0.05, 0) is 59.2 Å². The fourth-order valence-electron chi connectivity index (χ4n) is 3.50. The van der Waals surface area contributed by atoms with Gasteiger partial charge in [0.2, 0.25) is 0 Å². The second kappa shape index (κ2) is 9.18. The van der Waals surface area contributed by atoms with Gasteiger partial charge in [0.05, 0.1) is 12.8 Å². The van der Waals surface area contributed by atoms with Crippen LogP contribution < -0.4 is 15.0 Å². The van der Waals surface area contributed by atoms with Crippen LogP contribution in [0, 0.1) is 0 Å². The predicted molar refractivity (Wildman–Crippen MR) is 124 cm³/mol. The van der Waals surface area contributed by atoms with Crippen molar-refractivity contribution in [1.82, 2.24) is 5.32 Å². The van der Waals surface area contributed by atoms with Crippen LogP contribution in [0.5, 0.6) is 11.5 Å². The number of carbonyl (C=O) groups excluding carboxylic acids is 3. The normalized spacial score (nSPS) is 15.0. The van der Waals surface area contributed by atoms with Crippen molar-refractivity contribution >= 4 is 41.2 Å². The number of aromatic hydroxyl groups is 1. The van der Waals surface area contributed by atoms with Crippen molar-refractivity contribution in [3.63, 3.8) is 0 Å². The molecular formula is C25H19ClN2O5. The molecule has 0 aliphatic carbocycles. The number of barbiturate groups is 1. The van der Waals surface area contributed by atoms with Crippen LogP contribution in [0.25, 0.3) is 6.08 Å². The molecule has 0 aromatic heterocycles. The van der Waals surface area contributed by atoms with Crippen molar-refractivity contribution in [3.05, 3.63) is 94.0 Å². The number of methoxy groups -OCH3 is 1. The molecule has 33 heavy (non-hydrogen) atoms. The Morgan fingerprint density at radius 2 is 1.73 bits per heavy atom. The van der Waals surface area contributed by atoms with E-state index in [1.807, 2.05) is 30.3 Å². The van der Waals surface area contributed by atoms with Gasteiger partial charge in [-0.2, -0.15) is 0 Å². The number of nitrogens with zero attached hydrogens (tertiary/aromatic N) is 1. The van der Waals surface area contributed by atoms with Crippen LogP contribution in [-0.4, -0.2) is 30.1 Å². The number of hydrogen-bond acceptors (Lipinski definition) is 5. The molecule has 0 bridgehead atoms. The first-order chi connectivity index (χ1) is 15.9. The number of phenolic OH excluding ortho intramolecular Hbond substituents is 1. The quantitative estimate of drug-likeness (QED) is 0.435. The highest BCUT2D eigenvalue weighted by atomic mass is 35.5. The summed E-state index contributed by atoms with van der Waals surface area (Å²) in [6.45, 7) is 0. The first-order valence-corrected chi connectivity index (χ1v) is 10.4. The molecule has 7 nitrogen and oxygen atoms in total. The summed E-state index contributed by atoms with van der Waals surface area (Å²) in [5, 5.41) is 12.3. The number of imide groups is 2. The fraction of sp³-hybridized carbons (Fsp3) is 0.0800. The Morgan fingerprint density at radius 3 is 2.42 bits per heavy atom. The number of ether oxygens (including phenoxy) is 1. The van der Waals surface area contributed by atoms with Gasteiger partial charge in [0, 0.05) is 11.4 Å². The van der Waals surface area contributed by atoms with E-state index in [4.69, 9.17) is 16.3 Å². The second-order valence-electron chi connectivity index (χ2n) is 7.31. The van der Waals surface area contributed by atoms with Gasteiger partial charge in [-0.15, -0.1) is 0 Å². The Labute approximate surface area is 194 Å². The molecule has 1 aliphatic rings. The molecular weight excluding hydrogens is 444 g/mol. The third-order valence-electron chi connectivity index (χ3n) is 5.17. The molecule has 0 saturated carbocycles. The van der Waals surface area contributed by atoms with E-state index in [2.05, 4.69) is 5.32 Å². The van der Waals surface area contributed by atoms with E-state index in [-0.39, 0.29) is 17.0 Å². The minimum atomic E-state index is -0.861. The van der Waals surface area contributed by atoms with Crippen LogP contribution in [-0.2, 0) is 16.0 Å². The van der Waals surface area contributed by atoms with E-state index >= 15 is 0 Å². The number of nitrogens with one attached hydrogen (secondary N) is 1. The monoisotopic (exact) mass is 462 g/mol. The highest BCUT2D eigenvalue weighted by Crippen LogP contribution is 2.28. The molecule has 3 aromatic rings. The van der Waals surface area contributed by atoms with Crippen molar-refractivity contribution in [2.45, 2.75) is 6.42 Å². The maximum absolute atomic E-state index is 13.0. The molecule has 0 atom stereocenters. The summed E-state index contributed by atoms with van der Waals surface area (Å²) in [5.74, 6) is -1.01. The molecule has 0 spiro atoms. The van der Waals surface area contributed by atoms with E-state index in [1.54, 1.807) is 12.1 Å². The molecule has 0 radical (unpaired) electrons. The molecule has 3 aromatic carbocycles. The number of anilines is 1. The van der Waals surface area contributed by atoms with Gasteiger partial charge in [0.15, 0.2) is 0 Å². The lowest BCUT2D eigenvalue weighted by atomic mass is 10.0. The molecule has 1 aliphatic heterocycles. The molecule has 1 saturated heterocycles. The van der Waals surface area contributed by atoms with Crippen LogP contribution in [0.2, 0.25) is 5.02 Å². The maximum Gasteiger partial charge on any atom is 0.335 e. The summed E-state index contributed by atoms with van der Waals surface area (Å²) < 4.78 is 5.51. The third kappa shape index (κ3) is 4.58. The largest absolute Gasteiger partial charge is 0.508 e. The van der Waals surface area contributed by atoms with Crippen molar-refractivity contribution in [2.24, 2.45) is 0 Å². The Kier molecular flexibility index (Phi) is 6.15. The van der Waals surface area contributed by atoms with E-state index in [0.717, 1.165) is 16.0 Å². The van der Waals surface area contributed by atoms with Gasteiger partial charge in [-0.1, -0.05) is 41.9 Å². The van der Waals surface area contributed by atoms with Crippen molar-refractivity contribution in [3.8, 4) is 11.5 Å². The molecule has 8 heteroatoms. The fourth-order valence-corrected chi connectivity index (χ4v) is 3.71. The average Bonchev–Trinajstić information content (AvgIpc) is 2.80. The number of hydrogen-bond donors (Lipinski definition) is 2.